The van der Waals surface area contributed by atoms with Crippen LogP contribution in [0.1, 0.15) is 52.9 Å². The molecule has 0 spiro atoms. The summed E-state index contributed by atoms with van der Waals surface area (Å²) in [5.41, 5.74) is 0. The molecule has 4 heteroatoms. The first-order valence-corrected chi connectivity index (χ1v) is 8.27. The third kappa shape index (κ3) is 4.11. The molecule has 1 amide bonds. The Bertz CT molecular complexity index is 314. The summed E-state index contributed by atoms with van der Waals surface area (Å²) in [4.78, 5) is 13.5. The first kappa shape index (κ1) is 15.6. The summed E-state index contributed by atoms with van der Waals surface area (Å²) in [6, 6.07) is 1.26. The topological polar surface area (TPSA) is 41.6 Å². The molecule has 4 nitrogen and oxygen atoms in total. The van der Waals surface area contributed by atoms with Crippen molar-refractivity contribution in [1.29, 1.82) is 0 Å². The maximum absolute atomic E-state index is 11.7. The minimum atomic E-state index is -0.147. The van der Waals surface area contributed by atoms with Gasteiger partial charge in [-0.3, -0.25) is 0 Å². The van der Waals surface area contributed by atoms with Gasteiger partial charge in [0, 0.05) is 25.2 Å². The standard InChI is InChI=1S/C16H30N2O2/c1-4-20-16(19)18-9-7-14(8-10-18)17-15-6-5-12(2)13(3)11-15/h12-15,17H,4-11H2,1-3H3. The summed E-state index contributed by atoms with van der Waals surface area (Å²) in [7, 11) is 0. The minimum absolute atomic E-state index is 0.147. The zero-order valence-corrected chi connectivity index (χ0v) is 13.2. The molecule has 20 heavy (non-hydrogen) atoms. The molecule has 2 fully saturated rings. The van der Waals surface area contributed by atoms with Gasteiger partial charge in [-0.2, -0.15) is 0 Å². The number of nitrogens with one attached hydrogen (secondary N) is 1. The molecule has 3 unspecified atom stereocenters. The van der Waals surface area contributed by atoms with Crippen LogP contribution in [0.2, 0.25) is 0 Å². The van der Waals surface area contributed by atoms with Crippen LogP contribution in [0.4, 0.5) is 4.79 Å². The predicted molar refractivity (Wildman–Crippen MR) is 80.7 cm³/mol. The SMILES string of the molecule is CCOC(=O)N1CCC(NC2CCC(C)C(C)C2)CC1. The molecule has 1 aliphatic carbocycles. The molecular formula is C16H30N2O2. The second-order valence-electron chi connectivity index (χ2n) is 6.59. The van der Waals surface area contributed by atoms with Gasteiger partial charge >= 0.3 is 6.09 Å². The number of piperidine rings is 1. The highest BCUT2D eigenvalue weighted by atomic mass is 16.6. The van der Waals surface area contributed by atoms with Crippen LogP contribution < -0.4 is 5.32 Å². The van der Waals surface area contributed by atoms with Crippen molar-refractivity contribution < 1.29 is 9.53 Å². The lowest BCUT2D eigenvalue weighted by Crippen LogP contribution is -2.49. The highest BCUT2D eigenvalue weighted by molar-refractivity contribution is 5.67. The van der Waals surface area contributed by atoms with E-state index >= 15 is 0 Å². The van der Waals surface area contributed by atoms with Crippen molar-refractivity contribution in [2.24, 2.45) is 11.8 Å². The first-order chi connectivity index (χ1) is 9.60. The highest BCUT2D eigenvalue weighted by Gasteiger charge is 2.28. The lowest BCUT2D eigenvalue weighted by atomic mass is 9.79. The van der Waals surface area contributed by atoms with Crippen LogP contribution in [-0.4, -0.2) is 42.8 Å². The summed E-state index contributed by atoms with van der Waals surface area (Å²) < 4.78 is 5.06. The van der Waals surface area contributed by atoms with E-state index in [1.54, 1.807) is 0 Å². The second kappa shape index (κ2) is 7.30. The Hall–Kier alpha value is -0.770. The summed E-state index contributed by atoms with van der Waals surface area (Å²) in [5.74, 6) is 1.71. The fourth-order valence-electron chi connectivity index (χ4n) is 3.48. The van der Waals surface area contributed by atoms with Gasteiger partial charge in [0.2, 0.25) is 0 Å². The van der Waals surface area contributed by atoms with E-state index in [1.807, 2.05) is 11.8 Å². The van der Waals surface area contributed by atoms with Crippen molar-refractivity contribution in [3.05, 3.63) is 0 Å². The monoisotopic (exact) mass is 282 g/mol. The molecule has 0 aromatic rings. The molecule has 2 aliphatic rings. The number of hydrogen-bond donors (Lipinski definition) is 1. The number of ether oxygens (including phenoxy) is 1. The molecule has 1 heterocycles. The second-order valence-corrected chi connectivity index (χ2v) is 6.59. The maximum atomic E-state index is 11.7. The van der Waals surface area contributed by atoms with Crippen molar-refractivity contribution >= 4 is 6.09 Å². The molecule has 1 aliphatic heterocycles. The number of amides is 1. The zero-order chi connectivity index (χ0) is 14.5. The van der Waals surface area contributed by atoms with Gasteiger partial charge in [-0.1, -0.05) is 13.8 Å². The summed E-state index contributed by atoms with van der Waals surface area (Å²) in [6.45, 7) is 8.73. The Morgan fingerprint density at radius 3 is 2.40 bits per heavy atom. The Morgan fingerprint density at radius 1 is 1.10 bits per heavy atom. The Balaban J connectivity index is 1.70. The van der Waals surface area contributed by atoms with Gasteiger partial charge in [0.25, 0.3) is 0 Å². The smallest absolute Gasteiger partial charge is 0.409 e. The molecular weight excluding hydrogens is 252 g/mol. The summed E-state index contributed by atoms with van der Waals surface area (Å²) >= 11 is 0. The van der Waals surface area contributed by atoms with Crippen LogP contribution >= 0.6 is 0 Å². The van der Waals surface area contributed by atoms with E-state index in [9.17, 15) is 4.79 Å². The van der Waals surface area contributed by atoms with E-state index in [0.717, 1.165) is 37.8 Å². The Kier molecular flexibility index (Phi) is 5.70. The van der Waals surface area contributed by atoms with E-state index in [0.29, 0.717) is 18.7 Å². The zero-order valence-electron chi connectivity index (χ0n) is 13.2. The van der Waals surface area contributed by atoms with Gasteiger partial charge in [-0.05, 0) is 50.9 Å². The largest absolute Gasteiger partial charge is 0.450 e. The van der Waals surface area contributed by atoms with Crippen LogP contribution in [0.5, 0.6) is 0 Å². The molecule has 0 aromatic carbocycles. The van der Waals surface area contributed by atoms with Crippen LogP contribution in [0.15, 0.2) is 0 Å². The summed E-state index contributed by atoms with van der Waals surface area (Å²) in [6.07, 6.45) is 5.92. The molecule has 0 radical (unpaired) electrons. The van der Waals surface area contributed by atoms with Crippen LogP contribution in [0.3, 0.4) is 0 Å². The van der Waals surface area contributed by atoms with Gasteiger partial charge in [-0.25, -0.2) is 4.79 Å². The normalized spacial score (nSPS) is 32.1. The van der Waals surface area contributed by atoms with E-state index < -0.39 is 0 Å². The lowest BCUT2D eigenvalue weighted by Gasteiger charge is -2.38. The molecule has 0 aromatic heterocycles. The van der Waals surface area contributed by atoms with Gasteiger partial charge in [-0.15, -0.1) is 0 Å². The van der Waals surface area contributed by atoms with E-state index in [1.165, 1.54) is 19.3 Å². The van der Waals surface area contributed by atoms with Crippen molar-refractivity contribution in [2.75, 3.05) is 19.7 Å². The van der Waals surface area contributed by atoms with Crippen LogP contribution in [-0.2, 0) is 4.74 Å². The van der Waals surface area contributed by atoms with Gasteiger partial charge < -0.3 is 15.0 Å². The minimum Gasteiger partial charge on any atom is -0.450 e. The van der Waals surface area contributed by atoms with Crippen molar-refractivity contribution in [1.82, 2.24) is 10.2 Å². The van der Waals surface area contributed by atoms with Crippen molar-refractivity contribution in [2.45, 2.75) is 65.0 Å². The number of hydrogen-bond acceptors (Lipinski definition) is 3. The van der Waals surface area contributed by atoms with Gasteiger partial charge in [0.15, 0.2) is 0 Å². The molecule has 1 N–H and O–H groups in total. The van der Waals surface area contributed by atoms with Crippen molar-refractivity contribution in [3.63, 3.8) is 0 Å². The molecule has 1 saturated carbocycles. The quantitative estimate of drug-likeness (QED) is 0.865. The summed E-state index contributed by atoms with van der Waals surface area (Å²) in [5, 5.41) is 3.82. The first-order valence-electron chi connectivity index (χ1n) is 8.27. The predicted octanol–water partition coefficient (Wildman–Crippen LogP) is 3.02. The fraction of sp³-hybridized carbons (Fsp3) is 0.938. The third-order valence-electron chi connectivity index (χ3n) is 5.09. The van der Waals surface area contributed by atoms with Gasteiger partial charge in [0.1, 0.15) is 0 Å². The molecule has 3 atom stereocenters. The number of carbonyl (C=O) groups excluding carboxylic acids is 1. The fourth-order valence-corrected chi connectivity index (χ4v) is 3.48. The van der Waals surface area contributed by atoms with Crippen LogP contribution in [0, 0.1) is 11.8 Å². The van der Waals surface area contributed by atoms with E-state index in [4.69, 9.17) is 4.74 Å². The highest BCUT2D eigenvalue weighted by Crippen LogP contribution is 2.30. The molecule has 1 saturated heterocycles. The van der Waals surface area contributed by atoms with Crippen molar-refractivity contribution in [3.8, 4) is 0 Å². The van der Waals surface area contributed by atoms with E-state index in [-0.39, 0.29) is 6.09 Å². The maximum Gasteiger partial charge on any atom is 0.409 e. The molecule has 0 bridgehead atoms. The van der Waals surface area contributed by atoms with Crippen LogP contribution in [0.25, 0.3) is 0 Å². The average molecular weight is 282 g/mol. The Morgan fingerprint density at radius 2 is 1.80 bits per heavy atom. The average Bonchev–Trinajstić information content (AvgIpc) is 2.44. The number of nitrogens with zero attached hydrogens (tertiary/aromatic N) is 1. The van der Waals surface area contributed by atoms with Gasteiger partial charge in [0.05, 0.1) is 6.61 Å². The third-order valence-corrected chi connectivity index (χ3v) is 5.09. The lowest BCUT2D eigenvalue weighted by molar-refractivity contribution is 0.0924. The Labute approximate surface area is 123 Å². The molecule has 116 valence electrons. The number of likely N-dealkylation sites (tertiary alicyclic amines) is 1. The number of carbonyl (C=O) groups is 1. The molecule has 2 rings (SSSR count). The number of rotatable bonds is 3. The van der Waals surface area contributed by atoms with E-state index in [2.05, 4.69) is 19.2 Å².